The Morgan fingerprint density at radius 3 is 2.88 bits per heavy atom. The summed E-state index contributed by atoms with van der Waals surface area (Å²) in [4.78, 5) is 0. The molecule has 0 radical (unpaired) electrons. The molecule has 0 spiro atoms. The lowest BCUT2D eigenvalue weighted by Gasteiger charge is -2.05. The van der Waals surface area contributed by atoms with E-state index in [4.69, 9.17) is 5.73 Å². The van der Waals surface area contributed by atoms with Crippen LogP contribution >= 0.6 is 11.3 Å². The Hall–Kier alpha value is -1.32. The number of rotatable bonds is 5. The molecule has 0 bridgehead atoms. The van der Waals surface area contributed by atoms with Gasteiger partial charge in [0.2, 0.25) is 0 Å². The van der Waals surface area contributed by atoms with Gasteiger partial charge in [-0.15, -0.1) is 0 Å². The molecule has 0 saturated carbocycles. The third-order valence-corrected chi connectivity index (χ3v) is 3.73. The van der Waals surface area contributed by atoms with Gasteiger partial charge in [-0.25, -0.2) is 0 Å². The second kappa shape index (κ2) is 5.84. The molecule has 0 aliphatic carbocycles. The highest BCUT2D eigenvalue weighted by molar-refractivity contribution is 7.08. The van der Waals surface area contributed by atoms with Crippen molar-refractivity contribution in [2.45, 2.75) is 19.9 Å². The maximum absolute atomic E-state index is 5.74. The number of benzene rings is 1. The van der Waals surface area contributed by atoms with E-state index >= 15 is 0 Å². The van der Waals surface area contributed by atoms with Crippen molar-refractivity contribution in [2.75, 3.05) is 12.3 Å². The first-order valence-corrected chi connectivity index (χ1v) is 6.77. The quantitative estimate of drug-likeness (QED) is 0.629. The zero-order chi connectivity index (χ0) is 12.1. The molecule has 0 aliphatic heterocycles. The summed E-state index contributed by atoms with van der Waals surface area (Å²) in [5.41, 5.74) is 10.7. The Balaban J connectivity index is 1.75. The number of nitrogen functional groups attached to an aromatic ring is 1. The molecule has 0 saturated heterocycles. The minimum Gasteiger partial charge on any atom is -0.399 e. The summed E-state index contributed by atoms with van der Waals surface area (Å²) in [7, 11) is 0. The van der Waals surface area contributed by atoms with Crippen molar-refractivity contribution in [3.63, 3.8) is 0 Å². The third-order valence-electron chi connectivity index (χ3n) is 2.82. The van der Waals surface area contributed by atoms with Gasteiger partial charge in [0.15, 0.2) is 0 Å². The number of aryl methyl sites for hydroxylation is 1. The van der Waals surface area contributed by atoms with Crippen LogP contribution in [0.4, 0.5) is 5.69 Å². The van der Waals surface area contributed by atoms with Crippen molar-refractivity contribution in [1.29, 1.82) is 0 Å². The molecule has 0 aliphatic rings. The lowest BCUT2D eigenvalue weighted by atomic mass is 10.1. The van der Waals surface area contributed by atoms with Gasteiger partial charge in [-0.2, -0.15) is 11.3 Å². The average molecular weight is 246 g/mol. The standard InChI is InChI=1S/C14H18N2S/c1-11-9-17-10-13(11)8-16-6-5-12-3-2-4-14(15)7-12/h2-4,7,9-10,16H,5-6,8,15H2,1H3. The lowest BCUT2D eigenvalue weighted by molar-refractivity contribution is 0.686. The molecule has 2 nitrogen and oxygen atoms in total. The Morgan fingerprint density at radius 1 is 1.29 bits per heavy atom. The van der Waals surface area contributed by atoms with Crippen LogP contribution in [0.25, 0.3) is 0 Å². The van der Waals surface area contributed by atoms with Crippen molar-refractivity contribution >= 4 is 17.0 Å². The number of nitrogens with one attached hydrogen (secondary N) is 1. The zero-order valence-electron chi connectivity index (χ0n) is 10.1. The van der Waals surface area contributed by atoms with Gasteiger partial charge in [0.05, 0.1) is 0 Å². The van der Waals surface area contributed by atoms with E-state index in [1.807, 2.05) is 18.2 Å². The summed E-state index contributed by atoms with van der Waals surface area (Å²) >= 11 is 1.77. The van der Waals surface area contributed by atoms with Crippen molar-refractivity contribution in [3.8, 4) is 0 Å². The first kappa shape index (κ1) is 12.1. The molecule has 3 heteroatoms. The summed E-state index contributed by atoms with van der Waals surface area (Å²) in [6.07, 6.45) is 1.02. The van der Waals surface area contributed by atoms with E-state index in [9.17, 15) is 0 Å². The Bertz CT molecular complexity index is 477. The Kier molecular flexibility index (Phi) is 4.18. The van der Waals surface area contributed by atoms with Gasteiger partial charge < -0.3 is 11.1 Å². The van der Waals surface area contributed by atoms with Crippen LogP contribution in [-0.4, -0.2) is 6.54 Å². The van der Waals surface area contributed by atoms with Crippen LogP contribution in [0.15, 0.2) is 35.0 Å². The van der Waals surface area contributed by atoms with E-state index in [1.165, 1.54) is 16.7 Å². The molecular formula is C14H18N2S. The Morgan fingerprint density at radius 2 is 2.18 bits per heavy atom. The van der Waals surface area contributed by atoms with Crippen LogP contribution in [0.5, 0.6) is 0 Å². The molecule has 0 amide bonds. The highest BCUT2D eigenvalue weighted by Crippen LogP contribution is 2.13. The van der Waals surface area contributed by atoms with Gasteiger partial charge in [0.1, 0.15) is 0 Å². The normalized spacial score (nSPS) is 10.6. The average Bonchev–Trinajstić information content (AvgIpc) is 2.71. The topological polar surface area (TPSA) is 38.0 Å². The molecule has 90 valence electrons. The molecular weight excluding hydrogens is 228 g/mol. The summed E-state index contributed by atoms with van der Waals surface area (Å²) in [6.45, 7) is 4.10. The van der Waals surface area contributed by atoms with Crippen LogP contribution in [0.1, 0.15) is 16.7 Å². The number of hydrogen-bond donors (Lipinski definition) is 2. The SMILES string of the molecule is Cc1cscc1CNCCc1cccc(N)c1. The van der Waals surface area contributed by atoms with Gasteiger partial charge in [-0.3, -0.25) is 0 Å². The van der Waals surface area contributed by atoms with E-state index in [-0.39, 0.29) is 0 Å². The Labute approximate surface area is 106 Å². The zero-order valence-corrected chi connectivity index (χ0v) is 10.9. The molecule has 2 rings (SSSR count). The number of nitrogens with two attached hydrogens (primary N) is 1. The first-order valence-electron chi connectivity index (χ1n) is 5.82. The fourth-order valence-corrected chi connectivity index (χ4v) is 2.63. The molecule has 0 unspecified atom stereocenters. The van der Waals surface area contributed by atoms with Crippen LogP contribution in [0.3, 0.4) is 0 Å². The van der Waals surface area contributed by atoms with Crippen molar-refractivity contribution in [2.24, 2.45) is 0 Å². The van der Waals surface area contributed by atoms with Crippen LogP contribution in [0.2, 0.25) is 0 Å². The van der Waals surface area contributed by atoms with Crippen LogP contribution in [-0.2, 0) is 13.0 Å². The number of anilines is 1. The van der Waals surface area contributed by atoms with E-state index < -0.39 is 0 Å². The fraction of sp³-hybridized carbons (Fsp3) is 0.286. The summed E-state index contributed by atoms with van der Waals surface area (Å²) in [6, 6.07) is 8.09. The molecule has 1 aromatic carbocycles. The van der Waals surface area contributed by atoms with Gasteiger partial charge in [-0.1, -0.05) is 12.1 Å². The summed E-state index contributed by atoms with van der Waals surface area (Å²) in [5, 5.41) is 7.86. The monoisotopic (exact) mass is 246 g/mol. The smallest absolute Gasteiger partial charge is 0.0316 e. The van der Waals surface area contributed by atoms with Gasteiger partial charge >= 0.3 is 0 Å². The minimum absolute atomic E-state index is 0.844. The summed E-state index contributed by atoms with van der Waals surface area (Å²) in [5.74, 6) is 0. The third kappa shape index (κ3) is 3.58. The molecule has 3 N–H and O–H groups in total. The van der Waals surface area contributed by atoms with Crippen molar-refractivity contribution in [1.82, 2.24) is 5.32 Å². The molecule has 1 aromatic heterocycles. The predicted octanol–water partition coefficient (Wildman–Crippen LogP) is 2.97. The van der Waals surface area contributed by atoms with Crippen molar-refractivity contribution < 1.29 is 0 Å². The van der Waals surface area contributed by atoms with Crippen LogP contribution < -0.4 is 11.1 Å². The second-order valence-corrected chi connectivity index (χ2v) is 5.00. The van der Waals surface area contributed by atoms with Crippen LogP contribution in [0, 0.1) is 6.92 Å². The minimum atomic E-state index is 0.844. The lowest BCUT2D eigenvalue weighted by Crippen LogP contribution is -2.16. The molecule has 0 atom stereocenters. The number of hydrogen-bond acceptors (Lipinski definition) is 3. The number of thiophene rings is 1. The van der Waals surface area contributed by atoms with E-state index in [1.54, 1.807) is 11.3 Å². The largest absolute Gasteiger partial charge is 0.399 e. The fourth-order valence-electron chi connectivity index (χ4n) is 1.77. The van der Waals surface area contributed by atoms with E-state index in [2.05, 4.69) is 29.1 Å². The highest BCUT2D eigenvalue weighted by atomic mass is 32.1. The second-order valence-electron chi connectivity index (χ2n) is 4.25. The van der Waals surface area contributed by atoms with E-state index in [0.717, 1.165) is 25.2 Å². The maximum atomic E-state index is 5.74. The molecule has 0 fully saturated rings. The molecule has 17 heavy (non-hydrogen) atoms. The molecule has 1 heterocycles. The predicted molar refractivity (Wildman–Crippen MR) is 75.3 cm³/mol. The summed E-state index contributed by atoms with van der Waals surface area (Å²) < 4.78 is 0. The maximum Gasteiger partial charge on any atom is 0.0316 e. The van der Waals surface area contributed by atoms with Gasteiger partial charge in [0, 0.05) is 12.2 Å². The van der Waals surface area contributed by atoms with Gasteiger partial charge in [-0.05, 0) is 59.5 Å². The highest BCUT2D eigenvalue weighted by Gasteiger charge is 1.98. The molecule has 2 aromatic rings. The van der Waals surface area contributed by atoms with Gasteiger partial charge in [0.25, 0.3) is 0 Å². The first-order chi connectivity index (χ1) is 8.25. The van der Waals surface area contributed by atoms with E-state index in [0.29, 0.717) is 0 Å². The van der Waals surface area contributed by atoms with Crippen molar-refractivity contribution in [3.05, 3.63) is 51.7 Å².